The minimum absolute atomic E-state index is 0.200. The number of carbonyl (C=O) groups is 1. The summed E-state index contributed by atoms with van der Waals surface area (Å²) in [5.41, 5.74) is 13.1. The highest BCUT2D eigenvalue weighted by molar-refractivity contribution is 5.92. The minimum atomic E-state index is -0.388. The van der Waals surface area contributed by atoms with Crippen LogP contribution in [0.5, 0.6) is 0 Å². The second-order valence-electron chi connectivity index (χ2n) is 4.66. The molecular formula is C13H18N2O. The van der Waals surface area contributed by atoms with Gasteiger partial charge in [-0.3, -0.25) is 4.79 Å². The average Bonchev–Trinajstić information content (AvgIpc) is 2.30. The van der Waals surface area contributed by atoms with E-state index in [1.165, 1.54) is 19.3 Å². The van der Waals surface area contributed by atoms with Gasteiger partial charge in [0.25, 0.3) is 0 Å². The van der Waals surface area contributed by atoms with Gasteiger partial charge in [-0.2, -0.15) is 0 Å². The Kier molecular flexibility index (Phi) is 2.97. The Morgan fingerprint density at radius 1 is 1.06 bits per heavy atom. The van der Waals surface area contributed by atoms with E-state index in [1.807, 2.05) is 12.1 Å². The number of hydrogen-bond donors (Lipinski definition) is 2. The highest BCUT2D eigenvalue weighted by Gasteiger charge is 2.29. The van der Waals surface area contributed by atoms with Gasteiger partial charge >= 0.3 is 0 Å². The zero-order valence-corrected chi connectivity index (χ0v) is 9.41. The number of benzene rings is 1. The maximum atomic E-state index is 11.0. The molecule has 3 heteroatoms. The monoisotopic (exact) mass is 218 g/mol. The summed E-state index contributed by atoms with van der Waals surface area (Å²) in [5, 5.41) is 0. The Hall–Kier alpha value is -1.35. The standard InChI is InChI=1S/C13H18N2O/c14-12(16)10-4-6-11(7-5-10)13(15)8-2-1-3-9-13/h4-7H,1-3,8-9,15H2,(H2,14,16). The largest absolute Gasteiger partial charge is 0.366 e. The molecule has 0 spiro atoms. The molecule has 1 aliphatic carbocycles. The predicted molar refractivity (Wildman–Crippen MR) is 63.9 cm³/mol. The Morgan fingerprint density at radius 2 is 1.62 bits per heavy atom. The zero-order valence-electron chi connectivity index (χ0n) is 9.41. The lowest BCUT2D eigenvalue weighted by atomic mass is 9.77. The number of hydrogen-bond acceptors (Lipinski definition) is 2. The van der Waals surface area contributed by atoms with Crippen LogP contribution in [-0.4, -0.2) is 5.91 Å². The van der Waals surface area contributed by atoms with Crippen LogP contribution in [0, 0.1) is 0 Å². The van der Waals surface area contributed by atoms with Gasteiger partial charge in [0.15, 0.2) is 0 Å². The lowest BCUT2D eigenvalue weighted by Gasteiger charge is -2.34. The summed E-state index contributed by atoms with van der Waals surface area (Å²) in [5.74, 6) is -0.388. The van der Waals surface area contributed by atoms with Crippen molar-refractivity contribution in [2.75, 3.05) is 0 Å². The van der Waals surface area contributed by atoms with Gasteiger partial charge in [0.2, 0.25) is 5.91 Å². The summed E-state index contributed by atoms with van der Waals surface area (Å²) in [6.45, 7) is 0. The third-order valence-electron chi connectivity index (χ3n) is 3.49. The lowest BCUT2D eigenvalue weighted by molar-refractivity contribution is 0.1000. The zero-order chi connectivity index (χ0) is 11.6. The van der Waals surface area contributed by atoms with Crippen LogP contribution in [0.25, 0.3) is 0 Å². The second kappa shape index (κ2) is 4.26. The summed E-state index contributed by atoms with van der Waals surface area (Å²) in [6, 6.07) is 7.40. The van der Waals surface area contributed by atoms with Gasteiger partial charge in [0, 0.05) is 11.1 Å². The molecule has 1 amide bonds. The van der Waals surface area contributed by atoms with Crippen LogP contribution in [0.15, 0.2) is 24.3 Å². The fourth-order valence-electron chi connectivity index (χ4n) is 2.44. The smallest absolute Gasteiger partial charge is 0.248 e. The van der Waals surface area contributed by atoms with Crippen LogP contribution < -0.4 is 11.5 Å². The summed E-state index contributed by atoms with van der Waals surface area (Å²) in [6.07, 6.45) is 5.71. The van der Waals surface area contributed by atoms with E-state index in [0.717, 1.165) is 18.4 Å². The van der Waals surface area contributed by atoms with Crippen molar-refractivity contribution in [1.82, 2.24) is 0 Å². The van der Waals surface area contributed by atoms with Crippen molar-refractivity contribution >= 4 is 5.91 Å². The summed E-state index contributed by atoms with van der Waals surface area (Å²) in [4.78, 5) is 11.0. The topological polar surface area (TPSA) is 69.1 Å². The fraction of sp³-hybridized carbons (Fsp3) is 0.462. The van der Waals surface area contributed by atoms with Crippen molar-refractivity contribution in [3.63, 3.8) is 0 Å². The summed E-state index contributed by atoms with van der Waals surface area (Å²) in [7, 11) is 0. The molecule has 16 heavy (non-hydrogen) atoms. The quantitative estimate of drug-likeness (QED) is 0.796. The fourth-order valence-corrected chi connectivity index (χ4v) is 2.44. The first-order valence-electron chi connectivity index (χ1n) is 5.81. The Balaban J connectivity index is 2.23. The van der Waals surface area contributed by atoms with Gasteiger partial charge in [0.05, 0.1) is 0 Å². The normalized spacial score (nSPS) is 19.3. The molecule has 0 aromatic heterocycles. The van der Waals surface area contributed by atoms with E-state index in [2.05, 4.69) is 0 Å². The van der Waals surface area contributed by atoms with E-state index in [1.54, 1.807) is 12.1 Å². The molecule has 2 rings (SSSR count). The van der Waals surface area contributed by atoms with Gasteiger partial charge in [-0.1, -0.05) is 31.4 Å². The van der Waals surface area contributed by atoms with E-state index >= 15 is 0 Å². The van der Waals surface area contributed by atoms with E-state index in [9.17, 15) is 4.79 Å². The first-order valence-corrected chi connectivity index (χ1v) is 5.81. The van der Waals surface area contributed by atoms with Crippen molar-refractivity contribution in [3.8, 4) is 0 Å². The van der Waals surface area contributed by atoms with Crippen molar-refractivity contribution in [2.24, 2.45) is 11.5 Å². The SMILES string of the molecule is NC(=O)c1ccc(C2(N)CCCCC2)cc1. The first-order chi connectivity index (χ1) is 7.62. The third kappa shape index (κ3) is 2.09. The highest BCUT2D eigenvalue weighted by Crippen LogP contribution is 2.34. The van der Waals surface area contributed by atoms with E-state index in [0.29, 0.717) is 5.56 Å². The molecular weight excluding hydrogens is 200 g/mol. The van der Waals surface area contributed by atoms with E-state index in [-0.39, 0.29) is 11.4 Å². The molecule has 4 N–H and O–H groups in total. The maximum absolute atomic E-state index is 11.0. The molecule has 0 unspecified atom stereocenters. The number of carbonyl (C=O) groups excluding carboxylic acids is 1. The van der Waals surface area contributed by atoms with Crippen molar-refractivity contribution in [1.29, 1.82) is 0 Å². The second-order valence-corrected chi connectivity index (χ2v) is 4.66. The molecule has 1 aromatic rings. The molecule has 0 radical (unpaired) electrons. The Morgan fingerprint density at radius 3 is 2.12 bits per heavy atom. The number of nitrogens with two attached hydrogens (primary N) is 2. The number of amides is 1. The number of rotatable bonds is 2. The molecule has 1 aromatic carbocycles. The maximum Gasteiger partial charge on any atom is 0.248 e. The van der Waals surface area contributed by atoms with Crippen molar-refractivity contribution < 1.29 is 4.79 Å². The van der Waals surface area contributed by atoms with Gasteiger partial charge in [0.1, 0.15) is 0 Å². The van der Waals surface area contributed by atoms with Gasteiger partial charge in [-0.05, 0) is 30.5 Å². The van der Waals surface area contributed by atoms with Crippen LogP contribution in [0.4, 0.5) is 0 Å². The first kappa shape index (κ1) is 11.1. The minimum Gasteiger partial charge on any atom is -0.366 e. The Labute approximate surface area is 95.8 Å². The highest BCUT2D eigenvalue weighted by atomic mass is 16.1. The van der Waals surface area contributed by atoms with E-state index in [4.69, 9.17) is 11.5 Å². The third-order valence-corrected chi connectivity index (χ3v) is 3.49. The van der Waals surface area contributed by atoms with Gasteiger partial charge in [-0.15, -0.1) is 0 Å². The molecule has 3 nitrogen and oxygen atoms in total. The molecule has 1 aliphatic rings. The van der Waals surface area contributed by atoms with Gasteiger partial charge < -0.3 is 11.5 Å². The molecule has 1 fully saturated rings. The number of primary amides is 1. The van der Waals surface area contributed by atoms with E-state index < -0.39 is 0 Å². The molecule has 1 saturated carbocycles. The average molecular weight is 218 g/mol. The van der Waals surface area contributed by atoms with Crippen LogP contribution in [0.2, 0.25) is 0 Å². The predicted octanol–water partition coefficient (Wildman–Crippen LogP) is 1.90. The van der Waals surface area contributed by atoms with Gasteiger partial charge in [-0.25, -0.2) is 0 Å². The van der Waals surface area contributed by atoms with Crippen LogP contribution in [0.1, 0.15) is 48.0 Å². The van der Waals surface area contributed by atoms with Crippen LogP contribution in [0.3, 0.4) is 0 Å². The van der Waals surface area contributed by atoms with Crippen molar-refractivity contribution in [2.45, 2.75) is 37.6 Å². The van der Waals surface area contributed by atoms with Crippen LogP contribution >= 0.6 is 0 Å². The Bertz CT molecular complexity index is 377. The molecule has 0 atom stereocenters. The molecule has 0 saturated heterocycles. The summed E-state index contributed by atoms with van der Waals surface area (Å²) >= 11 is 0. The van der Waals surface area contributed by atoms with Crippen molar-refractivity contribution in [3.05, 3.63) is 35.4 Å². The molecule has 0 heterocycles. The molecule has 0 aliphatic heterocycles. The molecule has 86 valence electrons. The summed E-state index contributed by atoms with van der Waals surface area (Å²) < 4.78 is 0. The lowest BCUT2D eigenvalue weighted by Crippen LogP contribution is -2.38. The molecule has 0 bridgehead atoms. The van der Waals surface area contributed by atoms with Crippen LogP contribution in [-0.2, 0) is 5.54 Å².